The van der Waals surface area contributed by atoms with Crippen molar-refractivity contribution in [3.63, 3.8) is 0 Å². The van der Waals surface area contributed by atoms with Crippen LogP contribution in [-0.4, -0.2) is 34.8 Å². The van der Waals surface area contributed by atoms with Crippen molar-refractivity contribution in [1.82, 2.24) is 30.0 Å². The summed E-state index contributed by atoms with van der Waals surface area (Å²) < 4.78 is 3.40. The summed E-state index contributed by atoms with van der Waals surface area (Å²) in [4.78, 5) is 4.76. The van der Waals surface area contributed by atoms with E-state index in [9.17, 15) is 10.2 Å². The molecule has 9 heteroatoms. The quantitative estimate of drug-likeness (QED) is 0.282. The summed E-state index contributed by atoms with van der Waals surface area (Å²) in [5.41, 5.74) is 11.1. The number of hydrazine groups is 1. The zero-order valence-electron chi connectivity index (χ0n) is 22.8. The number of aliphatic hydroxyl groups is 2. The second-order valence-electron chi connectivity index (χ2n) is 10.7. The van der Waals surface area contributed by atoms with Gasteiger partial charge in [0.2, 0.25) is 5.79 Å². The van der Waals surface area contributed by atoms with Crippen molar-refractivity contribution in [2.24, 2.45) is 13.0 Å². The van der Waals surface area contributed by atoms with Crippen LogP contribution in [0.5, 0.6) is 0 Å². The molecule has 0 radical (unpaired) electrons. The number of nitrogens with one attached hydrogen (secondary N) is 1. The standard InChI is InChI=1S/C30H33N7O2/c1-18(2)27-20(4)37(26-14-21-15-35(5)34-29(21)31-19(26)3)33-28(27)23-12-9-13-25-24(23)16-36(32-25)17-30(38,39)22-10-7-6-8-11-22/h6-16,18,28,33,38-39H,17H2,1-5H3. The van der Waals surface area contributed by atoms with Gasteiger partial charge in [0, 0.05) is 41.5 Å². The number of pyridine rings is 1. The number of hydrogen-bond donors (Lipinski definition) is 3. The number of nitrogens with zero attached hydrogens (tertiary/aromatic N) is 6. The Kier molecular flexibility index (Phi) is 6.02. The lowest BCUT2D eigenvalue weighted by Gasteiger charge is -2.24. The first-order chi connectivity index (χ1) is 18.6. The fourth-order valence-corrected chi connectivity index (χ4v) is 5.72. The molecule has 0 bridgehead atoms. The highest BCUT2D eigenvalue weighted by molar-refractivity contribution is 5.84. The predicted molar refractivity (Wildman–Crippen MR) is 151 cm³/mol. The summed E-state index contributed by atoms with van der Waals surface area (Å²) in [6, 6.07) is 16.9. The zero-order chi connectivity index (χ0) is 27.5. The average molecular weight is 524 g/mol. The van der Waals surface area contributed by atoms with Crippen molar-refractivity contribution in [3.05, 3.63) is 95.1 Å². The molecule has 0 aliphatic carbocycles. The van der Waals surface area contributed by atoms with Crippen LogP contribution in [0.25, 0.3) is 21.9 Å². The van der Waals surface area contributed by atoms with E-state index in [1.807, 2.05) is 44.6 Å². The Bertz CT molecular complexity index is 1720. The van der Waals surface area contributed by atoms with E-state index in [2.05, 4.69) is 48.4 Å². The van der Waals surface area contributed by atoms with E-state index in [0.29, 0.717) is 5.56 Å². The first kappa shape index (κ1) is 25.2. The lowest BCUT2D eigenvalue weighted by molar-refractivity contribution is -0.181. The fraction of sp³-hybridized carbons (Fsp3) is 0.300. The maximum atomic E-state index is 10.8. The van der Waals surface area contributed by atoms with Crippen LogP contribution in [0.2, 0.25) is 0 Å². The third-order valence-electron chi connectivity index (χ3n) is 7.52. The van der Waals surface area contributed by atoms with E-state index < -0.39 is 5.79 Å². The van der Waals surface area contributed by atoms with Gasteiger partial charge in [-0.3, -0.25) is 14.4 Å². The van der Waals surface area contributed by atoms with Gasteiger partial charge in [0.1, 0.15) is 0 Å². The highest BCUT2D eigenvalue weighted by Crippen LogP contribution is 2.41. The highest BCUT2D eigenvalue weighted by atomic mass is 16.5. The summed E-state index contributed by atoms with van der Waals surface area (Å²) in [7, 11) is 1.90. The molecule has 39 heavy (non-hydrogen) atoms. The molecule has 1 aliphatic heterocycles. The molecule has 1 aliphatic rings. The van der Waals surface area contributed by atoms with Gasteiger partial charge in [-0.1, -0.05) is 56.3 Å². The van der Waals surface area contributed by atoms with Crippen molar-refractivity contribution in [3.8, 4) is 0 Å². The smallest absolute Gasteiger partial charge is 0.210 e. The highest BCUT2D eigenvalue weighted by Gasteiger charge is 2.35. The molecule has 0 saturated carbocycles. The normalized spacial score (nSPS) is 16.4. The van der Waals surface area contributed by atoms with Gasteiger partial charge >= 0.3 is 0 Å². The molecular weight excluding hydrogens is 490 g/mol. The van der Waals surface area contributed by atoms with Gasteiger partial charge in [0.05, 0.1) is 29.5 Å². The molecule has 6 rings (SSSR count). The van der Waals surface area contributed by atoms with Gasteiger partial charge < -0.3 is 10.2 Å². The Morgan fingerprint density at radius 2 is 1.77 bits per heavy atom. The van der Waals surface area contributed by atoms with Gasteiger partial charge in [-0.2, -0.15) is 10.2 Å². The van der Waals surface area contributed by atoms with E-state index in [0.717, 1.165) is 44.6 Å². The Balaban J connectivity index is 1.39. The summed E-state index contributed by atoms with van der Waals surface area (Å²) in [5, 5.41) is 34.9. The lowest BCUT2D eigenvalue weighted by atomic mass is 9.89. The van der Waals surface area contributed by atoms with E-state index in [1.54, 1.807) is 33.6 Å². The number of anilines is 1. The Labute approximate surface area is 227 Å². The van der Waals surface area contributed by atoms with Crippen molar-refractivity contribution in [2.45, 2.75) is 46.1 Å². The number of aryl methyl sites for hydroxylation is 2. The van der Waals surface area contributed by atoms with Crippen LogP contribution in [0, 0.1) is 12.8 Å². The Morgan fingerprint density at radius 3 is 2.51 bits per heavy atom. The number of fused-ring (bicyclic) bond motifs is 2. The lowest BCUT2D eigenvalue weighted by Crippen LogP contribution is -2.34. The zero-order valence-corrected chi connectivity index (χ0v) is 22.8. The summed E-state index contributed by atoms with van der Waals surface area (Å²) in [6.45, 7) is 8.49. The maximum Gasteiger partial charge on any atom is 0.210 e. The third kappa shape index (κ3) is 4.38. The number of allylic oxidation sites excluding steroid dienone is 1. The minimum Gasteiger partial charge on any atom is -0.360 e. The number of hydrogen-bond acceptors (Lipinski definition) is 7. The second kappa shape index (κ2) is 9.30. The molecule has 200 valence electrons. The van der Waals surface area contributed by atoms with E-state index in [-0.39, 0.29) is 18.5 Å². The monoisotopic (exact) mass is 523 g/mol. The Hall–Kier alpha value is -4.05. The van der Waals surface area contributed by atoms with Crippen molar-refractivity contribution in [2.75, 3.05) is 5.01 Å². The van der Waals surface area contributed by atoms with Crippen LogP contribution in [0.1, 0.15) is 43.6 Å². The largest absolute Gasteiger partial charge is 0.360 e. The van der Waals surface area contributed by atoms with Gasteiger partial charge in [-0.25, -0.2) is 10.4 Å². The van der Waals surface area contributed by atoms with Crippen LogP contribution < -0.4 is 10.4 Å². The van der Waals surface area contributed by atoms with Crippen molar-refractivity contribution >= 4 is 27.6 Å². The molecule has 0 saturated heterocycles. The van der Waals surface area contributed by atoms with Crippen LogP contribution in [-0.2, 0) is 19.4 Å². The summed E-state index contributed by atoms with van der Waals surface area (Å²) in [5.74, 6) is -1.75. The van der Waals surface area contributed by atoms with Crippen LogP contribution in [0.15, 0.2) is 78.3 Å². The van der Waals surface area contributed by atoms with E-state index >= 15 is 0 Å². The first-order valence-corrected chi connectivity index (χ1v) is 13.2. The molecule has 3 N–H and O–H groups in total. The summed E-state index contributed by atoms with van der Waals surface area (Å²) >= 11 is 0. The summed E-state index contributed by atoms with van der Waals surface area (Å²) in [6.07, 6.45) is 3.88. The number of benzene rings is 2. The molecule has 0 amide bonds. The fourth-order valence-electron chi connectivity index (χ4n) is 5.72. The van der Waals surface area contributed by atoms with Crippen molar-refractivity contribution in [1.29, 1.82) is 0 Å². The van der Waals surface area contributed by atoms with Gasteiger partial charge in [-0.15, -0.1) is 0 Å². The predicted octanol–water partition coefficient (Wildman–Crippen LogP) is 4.46. The molecule has 2 aromatic carbocycles. The second-order valence-corrected chi connectivity index (χ2v) is 10.7. The average Bonchev–Trinajstić information content (AvgIpc) is 3.56. The molecular formula is C30H33N7O2. The van der Waals surface area contributed by atoms with Gasteiger partial charge in [0.25, 0.3) is 0 Å². The van der Waals surface area contributed by atoms with Crippen LogP contribution in [0.3, 0.4) is 0 Å². The molecule has 0 spiro atoms. The molecule has 5 aromatic rings. The molecule has 4 heterocycles. The number of rotatable bonds is 6. The number of aromatic nitrogens is 5. The van der Waals surface area contributed by atoms with Gasteiger partial charge in [-0.05, 0) is 43.0 Å². The van der Waals surface area contributed by atoms with E-state index in [1.165, 1.54) is 5.57 Å². The molecule has 0 fully saturated rings. The Morgan fingerprint density at radius 1 is 1.00 bits per heavy atom. The molecule has 9 nitrogen and oxygen atoms in total. The first-order valence-electron chi connectivity index (χ1n) is 13.2. The maximum absolute atomic E-state index is 10.8. The minimum atomic E-state index is -2.04. The SMILES string of the molecule is CC1=C(C(C)C)C(c2cccc3nn(CC(O)(O)c4ccccc4)cc23)NN1c1cc2cn(C)nc2nc1C. The third-order valence-corrected chi connectivity index (χ3v) is 7.52. The minimum absolute atomic E-state index is 0.0857. The molecule has 1 atom stereocenters. The van der Waals surface area contributed by atoms with Crippen LogP contribution in [0.4, 0.5) is 5.69 Å². The van der Waals surface area contributed by atoms with E-state index in [4.69, 9.17) is 10.1 Å². The molecule has 3 aromatic heterocycles. The van der Waals surface area contributed by atoms with Gasteiger partial charge in [0.15, 0.2) is 5.65 Å². The molecule has 1 unspecified atom stereocenters. The van der Waals surface area contributed by atoms with Crippen LogP contribution >= 0.6 is 0 Å². The topological polar surface area (TPSA) is 104 Å². The van der Waals surface area contributed by atoms with Crippen molar-refractivity contribution < 1.29 is 10.2 Å².